The van der Waals surface area contributed by atoms with Gasteiger partial charge in [-0.2, -0.15) is 5.10 Å². The lowest BCUT2D eigenvalue weighted by atomic mass is 10.00. The maximum atomic E-state index is 12.5. The largest absolute Gasteiger partial charge is 0.452 e. The van der Waals surface area contributed by atoms with Crippen molar-refractivity contribution in [1.82, 2.24) is 14.7 Å². The van der Waals surface area contributed by atoms with Crippen LogP contribution in [0.3, 0.4) is 0 Å². The first kappa shape index (κ1) is 21.8. The van der Waals surface area contributed by atoms with Crippen molar-refractivity contribution in [2.45, 2.75) is 26.4 Å². The Labute approximate surface area is 192 Å². The summed E-state index contributed by atoms with van der Waals surface area (Å²) < 4.78 is 6.85. The van der Waals surface area contributed by atoms with E-state index in [0.717, 1.165) is 17.5 Å². The zero-order valence-corrected chi connectivity index (χ0v) is 18.6. The number of carbonyl (C=O) groups excluding carboxylic acids is 2. The van der Waals surface area contributed by atoms with Crippen molar-refractivity contribution >= 4 is 29.6 Å². The van der Waals surface area contributed by atoms with E-state index in [-0.39, 0.29) is 12.5 Å². The van der Waals surface area contributed by atoms with Gasteiger partial charge in [-0.3, -0.25) is 4.79 Å². The summed E-state index contributed by atoms with van der Waals surface area (Å²) in [6, 6.07) is 17.9. The summed E-state index contributed by atoms with van der Waals surface area (Å²) >= 11 is 6.47. The SMILES string of the molecule is Cc1nn(Cc2ccccc2)c(Cl)c1/C=C/C(=O)OCC(=O)N1CCc2ccccc2C1. The van der Waals surface area contributed by atoms with Gasteiger partial charge in [-0.05, 0) is 36.1 Å². The van der Waals surface area contributed by atoms with Crippen LogP contribution in [0, 0.1) is 6.92 Å². The number of aryl methyl sites for hydroxylation is 1. The molecule has 2 aromatic carbocycles. The predicted molar refractivity (Wildman–Crippen MR) is 123 cm³/mol. The van der Waals surface area contributed by atoms with Crippen LogP contribution in [0.4, 0.5) is 0 Å². The highest BCUT2D eigenvalue weighted by Gasteiger charge is 2.21. The summed E-state index contributed by atoms with van der Waals surface area (Å²) in [5.41, 5.74) is 4.83. The molecule has 6 nitrogen and oxygen atoms in total. The Bertz CT molecular complexity index is 1150. The molecule has 0 atom stereocenters. The van der Waals surface area contributed by atoms with Crippen molar-refractivity contribution in [3.05, 3.63) is 93.8 Å². The molecule has 4 rings (SSSR count). The van der Waals surface area contributed by atoms with Gasteiger partial charge in [0, 0.05) is 24.7 Å². The Kier molecular flexibility index (Phi) is 6.71. The number of nitrogens with zero attached hydrogens (tertiary/aromatic N) is 3. The molecule has 0 aliphatic carbocycles. The maximum Gasteiger partial charge on any atom is 0.331 e. The summed E-state index contributed by atoms with van der Waals surface area (Å²) in [5.74, 6) is -0.798. The molecule has 32 heavy (non-hydrogen) atoms. The van der Waals surface area contributed by atoms with Crippen LogP contribution < -0.4 is 0 Å². The number of rotatable bonds is 6. The molecule has 0 spiro atoms. The molecule has 1 aromatic heterocycles. The zero-order chi connectivity index (χ0) is 22.5. The minimum atomic E-state index is -0.595. The molecule has 2 heterocycles. The molecular weight excluding hydrogens is 426 g/mol. The van der Waals surface area contributed by atoms with Crippen LogP contribution >= 0.6 is 11.6 Å². The molecule has 1 aliphatic rings. The third-order valence-electron chi connectivity index (χ3n) is 5.49. The number of halogens is 1. The highest BCUT2D eigenvalue weighted by molar-refractivity contribution is 6.31. The van der Waals surface area contributed by atoms with Gasteiger partial charge in [0.2, 0.25) is 0 Å². The Morgan fingerprint density at radius 3 is 2.59 bits per heavy atom. The van der Waals surface area contributed by atoms with Gasteiger partial charge < -0.3 is 9.64 Å². The zero-order valence-electron chi connectivity index (χ0n) is 17.8. The van der Waals surface area contributed by atoms with E-state index in [1.807, 2.05) is 55.5 Å². The standard InChI is InChI=1S/C25H24ClN3O3/c1-18-22(25(26)29(27-18)15-19-7-3-2-4-8-19)11-12-24(31)32-17-23(30)28-14-13-20-9-5-6-10-21(20)16-28/h2-12H,13-17H2,1H3/b12-11+. The normalized spacial score (nSPS) is 13.2. The van der Waals surface area contributed by atoms with Crippen LogP contribution in [0.2, 0.25) is 5.15 Å². The summed E-state index contributed by atoms with van der Waals surface area (Å²) in [6.07, 6.45) is 3.66. The second kappa shape index (κ2) is 9.83. The van der Waals surface area contributed by atoms with Crippen LogP contribution in [-0.2, 0) is 33.8 Å². The van der Waals surface area contributed by atoms with Gasteiger partial charge in [-0.25, -0.2) is 9.48 Å². The van der Waals surface area contributed by atoms with Gasteiger partial charge in [0.05, 0.1) is 12.2 Å². The lowest BCUT2D eigenvalue weighted by molar-refractivity contribution is -0.148. The van der Waals surface area contributed by atoms with Gasteiger partial charge in [-0.1, -0.05) is 66.2 Å². The third-order valence-corrected chi connectivity index (χ3v) is 5.89. The van der Waals surface area contributed by atoms with Gasteiger partial charge in [0.25, 0.3) is 5.91 Å². The van der Waals surface area contributed by atoms with E-state index >= 15 is 0 Å². The van der Waals surface area contributed by atoms with Gasteiger partial charge in [0.15, 0.2) is 6.61 Å². The van der Waals surface area contributed by atoms with E-state index in [4.69, 9.17) is 16.3 Å². The van der Waals surface area contributed by atoms with Crippen LogP contribution in [0.15, 0.2) is 60.7 Å². The van der Waals surface area contributed by atoms with Crippen LogP contribution in [-0.4, -0.2) is 39.7 Å². The van der Waals surface area contributed by atoms with Crippen LogP contribution in [0.25, 0.3) is 6.08 Å². The molecular formula is C25H24ClN3O3. The lowest BCUT2D eigenvalue weighted by Gasteiger charge is -2.28. The van der Waals surface area contributed by atoms with Gasteiger partial charge in [-0.15, -0.1) is 0 Å². The molecule has 0 fully saturated rings. The predicted octanol–water partition coefficient (Wildman–Crippen LogP) is 4.03. The van der Waals surface area contributed by atoms with E-state index < -0.39 is 5.97 Å². The molecule has 0 N–H and O–H groups in total. The van der Waals surface area contributed by atoms with E-state index in [1.165, 1.54) is 11.6 Å². The summed E-state index contributed by atoms with van der Waals surface area (Å²) in [4.78, 5) is 26.4. The molecule has 3 aromatic rings. The average Bonchev–Trinajstić information content (AvgIpc) is 3.08. The van der Waals surface area contributed by atoms with E-state index in [9.17, 15) is 9.59 Å². The van der Waals surface area contributed by atoms with Crippen molar-refractivity contribution in [1.29, 1.82) is 0 Å². The molecule has 0 saturated carbocycles. The number of hydrogen-bond donors (Lipinski definition) is 0. The fourth-order valence-corrected chi connectivity index (χ4v) is 4.05. The molecule has 1 aliphatic heterocycles. The van der Waals surface area contributed by atoms with Crippen molar-refractivity contribution in [2.24, 2.45) is 0 Å². The van der Waals surface area contributed by atoms with Crippen molar-refractivity contribution in [3.63, 3.8) is 0 Å². The van der Waals surface area contributed by atoms with E-state index in [1.54, 1.807) is 15.7 Å². The average molecular weight is 450 g/mol. The minimum absolute atomic E-state index is 0.203. The maximum absolute atomic E-state index is 12.5. The first-order valence-electron chi connectivity index (χ1n) is 10.5. The van der Waals surface area contributed by atoms with Crippen molar-refractivity contribution in [2.75, 3.05) is 13.2 Å². The highest BCUT2D eigenvalue weighted by Crippen LogP contribution is 2.22. The number of esters is 1. The first-order chi connectivity index (χ1) is 15.5. The number of carbonyl (C=O) groups is 2. The molecule has 0 saturated heterocycles. The Hall–Kier alpha value is -3.38. The molecule has 7 heteroatoms. The number of aromatic nitrogens is 2. The topological polar surface area (TPSA) is 64.4 Å². The van der Waals surface area contributed by atoms with Gasteiger partial charge >= 0.3 is 5.97 Å². The Morgan fingerprint density at radius 1 is 1.09 bits per heavy atom. The third kappa shape index (κ3) is 5.08. The summed E-state index contributed by atoms with van der Waals surface area (Å²) in [7, 11) is 0. The Morgan fingerprint density at radius 2 is 1.81 bits per heavy atom. The minimum Gasteiger partial charge on any atom is -0.452 e. The smallest absolute Gasteiger partial charge is 0.331 e. The molecule has 0 unspecified atom stereocenters. The molecule has 164 valence electrons. The second-order valence-corrected chi connectivity index (χ2v) is 8.07. The van der Waals surface area contributed by atoms with E-state index in [2.05, 4.69) is 11.2 Å². The highest BCUT2D eigenvalue weighted by atomic mass is 35.5. The number of fused-ring (bicyclic) bond motifs is 1. The first-order valence-corrected chi connectivity index (χ1v) is 10.9. The fraction of sp³-hybridized carbons (Fsp3) is 0.240. The summed E-state index contributed by atoms with van der Waals surface area (Å²) in [6.45, 7) is 3.24. The second-order valence-electron chi connectivity index (χ2n) is 7.71. The lowest BCUT2D eigenvalue weighted by Crippen LogP contribution is -2.38. The van der Waals surface area contributed by atoms with Crippen LogP contribution in [0.1, 0.15) is 27.9 Å². The number of hydrogen-bond acceptors (Lipinski definition) is 4. The number of ether oxygens (including phenoxy) is 1. The number of amides is 1. The summed E-state index contributed by atoms with van der Waals surface area (Å²) in [5, 5.41) is 4.90. The van der Waals surface area contributed by atoms with Crippen molar-refractivity contribution < 1.29 is 14.3 Å². The molecule has 0 radical (unpaired) electrons. The fourth-order valence-electron chi connectivity index (χ4n) is 3.75. The molecule has 0 bridgehead atoms. The van der Waals surface area contributed by atoms with Gasteiger partial charge in [0.1, 0.15) is 5.15 Å². The van der Waals surface area contributed by atoms with Crippen molar-refractivity contribution in [3.8, 4) is 0 Å². The number of benzene rings is 2. The monoisotopic (exact) mass is 449 g/mol. The quantitative estimate of drug-likeness (QED) is 0.421. The molecule has 1 amide bonds. The van der Waals surface area contributed by atoms with E-state index in [0.29, 0.717) is 36.0 Å². The van der Waals surface area contributed by atoms with Crippen LogP contribution in [0.5, 0.6) is 0 Å². The Balaban J connectivity index is 1.32.